The first-order valence-corrected chi connectivity index (χ1v) is 30.4. The number of aliphatic hydroxyl groups is 1. The molecule has 67 heavy (non-hydrogen) atoms. The molecule has 0 saturated carbocycles. The molecule has 0 bridgehead atoms. The number of quaternary nitrogens is 1. The first kappa shape index (κ1) is 65.7. The lowest BCUT2D eigenvalue weighted by Crippen LogP contribution is -2.45. The van der Waals surface area contributed by atoms with Gasteiger partial charge in [0.15, 0.2) is 0 Å². The first-order valence-electron chi connectivity index (χ1n) is 28.9. The molecule has 0 aromatic heterocycles. The zero-order valence-corrected chi connectivity index (χ0v) is 46.0. The number of hydrogen-bond donors (Lipinski definition) is 3. The van der Waals surface area contributed by atoms with E-state index >= 15 is 0 Å². The summed E-state index contributed by atoms with van der Waals surface area (Å²) in [6.45, 7) is 4.83. The highest BCUT2D eigenvalue weighted by Gasteiger charge is 2.27. The van der Waals surface area contributed by atoms with Crippen LogP contribution in [0.15, 0.2) is 36.5 Å². The van der Waals surface area contributed by atoms with Crippen LogP contribution in [-0.4, -0.2) is 73.4 Å². The maximum atomic E-state index is 13.0. The predicted molar refractivity (Wildman–Crippen MR) is 291 cm³/mol. The number of unbranched alkanes of at least 4 members (excludes halogenated alkanes) is 36. The van der Waals surface area contributed by atoms with Gasteiger partial charge in [0, 0.05) is 6.42 Å². The van der Waals surface area contributed by atoms with E-state index in [0.29, 0.717) is 17.4 Å². The Bertz CT molecular complexity index is 1190. The summed E-state index contributed by atoms with van der Waals surface area (Å²) in [6.07, 6.45) is 63.9. The molecule has 3 atom stereocenters. The Balaban J connectivity index is 4.27. The molecule has 0 radical (unpaired) electrons. The maximum Gasteiger partial charge on any atom is 0.472 e. The Morgan fingerprint density at radius 3 is 1.19 bits per heavy atom. The van der Waals surface area contributed by atoms with Crippen LogP contribution in [0.2, 0.25) is 0 Å². The third kappa shape index (κ3) is 52.4. The highest BCUT2D eigenvalue weighted by molar-refractivity contribution is 7.47. The first-order chi connectivity index (χ1) is 32.5. The summed E-state index contributed by atoms with van der Waals surface area (Å²) in [6, 6.07) is -0.868. The fourth-order valence-electron chi connectivity index (χ4n) is 8.55. The summed E-state index contributed by atoms with van der Waals surface area (Å²) in [5.41, 5.74) is 0. The number of amides is 1. The van der Waals surface area contributed by atoms with Crippen molar-refractivity contribution in [2.24, 2.45) is 0 Å². The Morgan fingerprint density at radius 1 is 0.493 bits per heavy atom. The Kier molecular flexibility index (Phi) is 48.7. The van der Waals surface area contributed by atoms with Crippen molar-refractivity contribution in [2.45, 2.75) is 289 Å². The third-order valence-electron chi connectivity index (χ3n) is 13.1. The van der Waals surface area contributed by atoms with Crippen molar-refractivity contribution in [3.8, 4) is 0 Å². The minimum Gasteiger partial charge on any atom is -0.387 e. The van der Waals surface area contributed by atoms with Gasteiger partial charge in [-0.25, -0.2) is 4.57 Å². The number of carbonyl (C=O) groups is 1. The van der Waals surface area contributed by atoms with Crippen molar-refractivity contribution in [1.29, 1.82) is 0 Å². The van der Waals surface area contributed by atoms with E-state index < -0.39 is 20.0 Å². The number of nitrogens with zero attached hydrogens (tertiary/aromatic N) is 1. The summed E-state index contributed by atoms with van der Waals surface area (Å²) < 4.78 is 23.7. The van der Waals surface area contributed by atoms with E-state index in [0.717, 1.165) is 44.9 Å². The van der Waals surface area contributed by atoms with Crippen molar-refractivity contribution in [2.75, 3.05) is 40.9 Å². The number of carbonyl (C=O) groups excluding carboxylic acids is 1. The van der Waals surface area contributed by atoms with Crippen LogP contribution in [0.25, 0.3) is 0 Å². The average molecular weight is 967 g/mol. The fraction of sp³-hybridized carbons (Fsp3) is 0.879. The standard InChI is InChI=1S/C58H113N2O6P/c1-6-8-10-12-14-16-18-20-22-24-26-28-30-31-33-35-37-39-41-43-45-47-49-51-57(61)56(55-66-67(63,64)65-54-53-60(3,4)5)59-58(62)52-50-48-46-44-42-40-38-36-34-32-29-27-25-23-21-19-17-15-13-11-9-7-2/h33,35,41,43,49,51,56-57,61H,6-32,34,36-40,42,44-48,50,52-55H2,1-5H3,(H-,59,62,63,64)/p+1/b35-33+,43-41+,51-49+. The van der Waals surface area contributed by atoms with E-state index in [4.69, 9.17) is 9.05 Å². The molecule has 0 saturated heterocycles. The molecule has 8 nitrogen and oxygen atoms in total. The van der Waals surface area contributed by atoms with Crippen LogP contribution in [0.1, 0.15) is 277 Å². The summed E-state index contributed by atoms with van der Waals surface area (Å²) in [7, 11) is 1.56. The molecule has 3 unspecified atom stereocenters. The lowest BCUT2D eigenvalue weighted by molar-refractivity contribution is -0.870. The second-order valence-corrected chi connectivity index (χ2v) is 22.5. The van der Waals surface area contributed by atoms with Crippen molar-refractivity contribution in [3.63, 3.8) is 0 Å². The number of aliphatic hydroxyl groups excluding tert-OH is 1. The predicted octanol–water partition coefficient (Wildman–Crippen LogP) is 17.4. The molecular weight excluding hydrogens is 852 g/mol. The Morgan fingerprint density at radius 2 is 0.821 bits per heavy atom. The largest absolute Gasteiger partial charge is 0.472 e. The zero-order valence-electron chi connectivity index (χ0n) is 45.2. The van der Waals surface area contributed by atoms with Crippen LogP contribution < -0.4 is 5.32 Å². The number of rotatable bonds is 53. The SMILES string of the molecule is CCCCCCCCCCCCCCC/C=C/CC/C=C/CC/C=C/C(O)C(COP(=O)(O)OCC[N+](C)(C)C)NC(=O)CCCCCCCCCCCCCCCCCCCCCCCC. The van der Waals surface area contributed by atoms with E-state index in [1.54, 1.807) is 6.08 Å². The number of phosphoric ester groups is 1. The maximum absolute atomic E-state index is 13.0. The Hall–Kier alpha value is -1.28. The van der Waals surface area contributed by atoms with Gasteiger partial charge in [-0.3, -0.25) is 13.8 Å². The number of hydrogen-bond acceptors (Lipinski definition) is 5. The zero-order chi connectivity index (χ0) is 49.2. The quantitative estimate of drug-likeness (QED) is 0.0243. The molecule has 0 fully saturated rings. The van der Waals surface area contributed by atoms with Crippen molar-refractivity contribution in [1.82, 2.24) is 5.32 Å². The van der Waals surface area contributed by atoms with Crippen LogP contribution in [-0.2, 0) is 18.4 Å². The van der Waals surface area contributed by atoms with Crippen LogP contribution in [0.5, 0.6) is 0 Å². The number of likely N-dealkylation sites (N-methyl/N-ethyl adjacent to an activating group) is 1. The highest BCUT2D eigenvalue weighted by atomic mass is 31.2. The van der Waals surface area contributed by atoms with Gasteiger partial charge in [-0.15, -0.1) is 0 Å². The van der Waals surface area contributed by atoms with Crippen LogP contribution in [0.3, 0.4) is 0 Å². The number of phosphoric acid groups is 1. The minimum absolute atomic E-state index is 0.0551. The van der Waals surface area contributed by atoms with Gasteiger partial charge in [0.1, 0.15) is 13.2 Å². The smallest absolute Gasteiger partial charge is 0.387 e. The van der Waals surface area contributed by atoms with Crippen molar-refractivity contribution in [3.05, 3.63) is 36.5 Å². The molecule has 0 aliphatic heterocycles. The fourth-order valence-corrected chi connectivity index (χ4v) is 9.28. The van der Waals surface area contributed by atoms with Gasteiger partial charge in [0.2, 0.25) is 5.91 Å². The van der Waals surface area contributed by atoms with E-state index in [2.05, 4.69) is 43.5 Å². The summed E-state index contributed by atoms with van der Waals surface area (Å²) >= 11 is 0. The van der Waals surface area contributed by atoms with E-state index in [9.17, 15) is 19.4 Å². The van der Waals surface area contributed by atoms with E-state index in [1.165, 1.54) is 212 Å². The lowest BCUT2D eigenvalue weighted by atomic mass is 10.0. The van der Waals surface area contributed by atoms with Gasteiger partial charge in [0.05, 0.1) is 39.9 Å². The minimum atomic E-state index is -4.36. The van der Waals surface area contributed by atoms with Crippen molar-refractivity contribution < 1.29 is 32.9 Å². The topological polar surface area (TPSA) is 105 Å². The molecule has 0 heterocycles. The molecule has 0 aliphatic carbocycles. The normalized spacial score (nSPS) is 14.2. The van der Waals surface area contributed by atoms with E-state index in [-0.39, 0.29) is 19.1 Å². The Labute approximate surface area is 417 Å². The van der Waals surface area contributed by atoms with Gasteiger partial charge >= 0.3 is 7.82 Å². The average Bonchev–Trinajstić information content (AvgIpc) is 3.29. The summed E-state index contributed by atoms with van der Waals surface area (Å²) in [5.74, 6) is -0.186. The van der Waals surface area contributed by atoms with Gasteiger partial charge < -0.3 is 19.8 Å². The molecule has 0 aliphatic rings. The van der Waals surface area contributed by atoms with Crippen LogP contribution in [0.4, 0.5) is 0 Å². The van der Waals surface area contributed by atoms with Gasteiger partial charge in [-0.1, -0.05) is 262 Å². The summed E-state index contributed by atoms with van der Waals surface area (Å²) in [4.78, 5) is 23.3. The van der Waals surface area contributed by atoms with Gasteiger partial charge in [-0.2, -0.15) is 0 Å². The number of allylic oxidation sites excluding steroid dienone is 5. The van der Waals surface area contributed by atoms with E-state index in [1.807, 2.05) is 27.2 Å². The molecule has 9 heteroatoms. The molecule has 0 rings (SSSR count). The molecule has 0 spiro atoms. The third-order valence-corrected chi connectivity index (χ3v) is 14.1. The van der Waals surface area contributed by atoms with Crippen molar-refractivity contribution >= 4 is 13.7 Å². The highest BCUT2D eigenvalue weighted by Crippen LogP contribution is 2.43. The van der Waals surface area contributed by atoms with Crippen LogP contribution in [0, 0.1) is 0 Å². The lowest BCUT2D eigenvalue weighted by Gasteiger charge is -2.25. The van der Waals surface area contributed by atoms with Crippen LogP contribution >= 0.6 is 7.82 Å². The number of nitrogens with one attached hydrogen (secondary N) is 1. The molecule has 0 aromatic carbocycles. The molecule has 396 valence electrons. The molecular formula is C58H114N2O6P+. The molecule has 3 N–H and O–H groups in total. The second kappa shape index (κ2) is 49.7. The molecule has 0 aromatic rings. The molecule has 1 amide bonds. The monoisotopic (exact) mass is 966 g/mol. The second-order valence-electron chi connectivity index (χ2n) is 21.0. The summed E-state index contributed by atoms with van der Waals surface area (Å²) in [5, 5.41) is 13.9. The van der Waals surface area contributed by atoms with Gasteiger partial charge in [-0.05, 0) is 44.9 Å². The van der Waals surface area contributed by atoms with Gasteiger partial charge in [0.25, 0.3) is 0 Å².